The average Bonchev–Trinajstić information content (AvgIpc) is 2.73. The number of rotatable bonds is 4. The first-order valence-electron chi connectivity index (χ1n) is 6.28. The Labute approximate surface area is 117 Å². The minimum Gasteiger partial charge on any atom is -0.497 e. The molecule has 108 valence electrons. The van der Waals surface area contributed by atoms with Crippen molar-refractivity contribution in [3.63, 3.8) is 0 Å². The number of methoxy groups -OCH3 is 1. The van der Waals surface area contributed by atoms with Crippen LogP contribution in [0.5, 0.6) is 5.75 Å². The van der Waals surface area contributed by atoms with Crippen LogP contribution in [0.15, 0.2) is 18.2 Å². The summed E-state index contributed by atoms with van der Waals surface area (Å²) in [6.07, 6.45) is 0. The Morgan fingerprint density at radius 3 is 2.90 bits per heavy atom. The molecule has 1 aromatic carbocycles. The van der Waals surface area contributed by atoms with Crippen LogP contribution in [-0.2, 0) is 6.54 Å². The van der Waals surface area contributed by atoms with Gasteiger partial charge in [-0.2, -0.15) is 0 Å². The van der Waals surface area contributed by atoms with Gasteiger partial charge in [0, 0.05) is 33.3 Å². The third-order valence-electron chi connectivity index (χ3n) is 3.00. The number of anilines is 1. The summed E-state index contributed by atoms with van der Waals surface area (Å²) in [5.41, 5.74) is 7.61. The molecule has 2 aromatic rings. The highest BCUT2D eigenvalue weighted by Gasteiger charge is 2.09. The summed E-state index contributed by atoms with van der Waals surface area (Å²) in [6.45, 7) is 1.05. The molecule has 0 fully saturated rings. The maximum Gasteiger partial charge on any atom is 0.316 e. The third kappa shape index (κ3) is 2.76. The van der Waals surface area contributed by atoms with Crippen molar-refractivity contribution in [1.82, 2.24) is 19.8 Å². The maximum absolute atomic E-state index is 11.4. The van der Waals surface area contributed by atoms with Crippen molar-refractivity contribution in [2.24, 2.45) is 0 Å². The molecule has 1 heterocycles. The molecule has 20 heavy (non-hydrogen) atoms. The minimum absolute atomic E-state index is 0.130. The number of hydrogen-bond donors (Lipinski definition) is 2. The zero-order chi connectivity index (χ0) is 14.7. The van der Waals surface area contributed by atoms with E-state index in [1.54, 1.807) is 21.2 Å². The smallest absolute Gasteiger partial charge is 0.316 e. The molecule has 0 spiro atoms. The number of ether oxygens (including phenoxy) is 1. The lowest BCUT2D eigenvalue weighted by atomic mass is 10.3. The molecule has 3 N–H and O–H groups in total. The van der Waals surface area contributed by atoms with Crippen LogP contribution >= 0.6 is 0 Å². The van der Waals surface area contributed by atoms with Gasteiger partial charge in [0.05, 0.1) is 18.1 Å². The Morgan fingerprint density at radius 2 is 2.25 bits per heavy atom. The number of carbonyl (C=O) groups excluding carboxylic acids is 1. The molecule has 0 saturated heterocycles. The number of fused-ring (bicyclic) bond motifs is 1. The number of aromatic nitrogens is 2. The van der Waals surface area contributed by atoms with Crippen molar-refractivity contribution in [1.29, 1.82) is 0 Å². The number of amides is 2. The fourth-order valence-corrected chi connectivity index (χ4v) is 1.92. The maximum atomic E-state index is 11.4. The van der Waals surface area contributed by atoms with E-state index >= 15 is 0 Å². The molecular formula is C13H19N5O2. The fraction of sp³-hybridized carbons (Fsp3) is 0.385. The van der Waals surface area contributed by atoms with Gasteiger partial charge in [0.15, 0.2) is 0 Å². The molecule has 2 rings (SSSR count). The van der Waals surface area contributed by atoms with Crippen LogP contribution in [0.1, 0.15) is 0 Å². The van der Waals surface area contributed by atoms with Crippen molar-refractivity contribution in [2.45, 2.75) is 6.54 Å². The van der Waals surface area contributed by atoms with Crippen LogP contribution in [0.4, 0.5) is 10.7 Å². The van der Waals surface area contributed by atoms with Crippen molar-refractivity contribution >= 4 is 23.0 Å². The summed E-state index contributed by atoms with van der Waals surface area (Å²) in [5.74, 6) is 1.16. The zero-order valence-corrected chi connectivity index (χ0v) is 11.9. The van der Waals surface area contributed by atoms with Crippen LogP contribution in [-0.4, -0.2) is 48.2 Å². The second kappa shape index (κ2) is 5.68. The van der Waals surface area contributed by atoms with Gasteiger partial charge < -0.3 is 25.3 Å². The quantitative estimate of drug-likeness (QED) is 0.869. The standard InChI is InChI=1S/C13H19N5O2/c1-17(2)13(19)15-6-7-18-11-5-4-9(20-3)8-10(11)16-12(18)14/h4-5,8H,6-7H2,1-3H3,(H2,14,16)(H,15,19). The van der Waals surface area contributed by atoms with E-state index in [-0.39, 0.29) is 6.03 Å². The Bertz CT molecular complexity index is 620. The van der Waals surface area contributed by atoms with E-state index in [1.807, 2.05) is 22.8 Å². The summed E-state index contributed by atoms with van der Waals surface area (Å²) in [4.78, 5) is 17.2. The summed E-state index contributed by atoms with van der Waals surface area (Å²) < 4.78 is 7.02. The number of nitrogens with two attached hydrogens (primary N) is 1. The molecule has 0 aliphatic rings. The number of carbonyl (C=O) groups is 1. The molecule has 7 nitrogen and oxygen atoms in total. The number of nitrogens with zero attached hydrogens (tertiary/aromatic N) is 3. The Kier molecular flexibility index (Phi) is 3.97. The summed E-state index contributed by atoms with van der Waals surface area (Å²) in [7, 11) is 5.00. The summed E-state index contributed by atoms with van der Waals surface area (Å²) in [5, 5.41) is 2.79. The molecule has 0 unspecified atom stereocenters. The molecule has 1 aromatic heterocycles. The number of hydrogen-bond acceptors (Lipinski definition) is 4. The molecule has 7 heteroatoms. The van der Waals surface area contributed by atoms with Gasteiger partial charge in [-0.3, -0.25) is 0 Å². The highest BCUT2D eigenvalue weighted by atomic mass is 16.5. The van der Waals surface area contributed by atoms with Gasteiger partial charge in [0.25, 0.3) is 0 Å². The molecule has 0 saturated carbocycles. The van der Waals surface area contributed by atoms with Gasteiger partial charge in [-0.25, -0.2) is 9.78 Å². The van der Waals surface area contributed by atoms with Crippen molar-refractivity contribution in [2.75, 3.05) is 33.5 Å². The van der Waals surface area contributed by atoms with E-state index in [4.69, 9.17) is 10.5 Å². The van der Waals surface area contributed by atoms with Gasteiger partial charge in [0.2, 0.25) is 5.95 Å². The fourth-order valence-electron chi connectivity index (χ4n) is 1.92. The lowest BCUT2D eigenvalue weighted by Gasteiger charge is -2.12. The Hall–Kier alpha value is -2.44. The lowest BCUT2D eigenvalue weighted by molar-refractivity contribution is 0.217. The number of nitrogens with one attached hydrogen (secondary N) is 1. The monoisotopic (exact) mass is 277 g/mol. The van der Waals surface area contributed by atoms with Crippen LogP contribution in [0.3, 0.4) is 0 Å². The first-order chi connectivity index (χ1) is 9.52. The molecule has 0 radical (unpaired) electrons. The van der Waals surface area contributed by atoms with Crippen LogP contribution in [0.2, 0.25) is 0 Å². The van der Waals surface area contributed by atoms with Crippen molar-refractivity contribution < 1.29 is 9.53 Å². The lowest BCUT2D eigenvalue weighted by Crippen LogP contribution is -2.36. The molecule has 0 bridgehead atoms. The summed E-state index contributed by atoms with van der Waals surface area (Å²) >= 11 is 0. The van der Waals surface area contributed by atoms with E-state index in [0.717, 1.165) is 16.8 Å². The largest absolute Gasteiger partial charge is 0.497 e. The molecular weight excluding hydrogens is 258 g/mol. The number of urea groups is 1. The second-order valence-electron chi connectivity index (χ2n) is 4.60. The van der Waals surface area contributed by atoms with Gasteiger partial charge >= 0.3 is 6.03 Å². The predicted octanol–water partition coefficient (Wildman–Crippen LogP) is 0.898. The van der Waals surface area contributed by atoms with E-state index in [2.05, 4.69) is 10.3 Å². The minimum atomic E-state index is -0.130. The second-order valence-corrected chi connectivity index (χ2v) is 4.60. The molecule has 0 aliphatic heterocycles. The predicted molar refractivity (Wildman–Crippen MR) is 77.8 cm³/mol. The van der Waals surface area contributed by atoms with E-state index in [1.165, 1.54) is 4.90 Å². The average molecular weight is 277 g/mol. The topological polar surface area (TPSA) is 85.4 Å². The molecule has 0 atom stereocenters. The van der Waals surface area contributed by atoms with E-state index < -0.39 is 0 Å². The number of imidazole rings is 1. The molecule has 0 aliphatic carbocycles. The highest BCUT2D eigenvalue weighted by molar-refractivity contribution is 5.80. The van der Waals surface area contributed by atoms with E-state index in [9.17, 15) is 4.79 Å². The number of nitrogen functional groups attached to an aromatic ring is 1. The summed E-state index contributed by atoms with van der Waals surface area (Å²) in [6, 6.07) is 5.47. The third-order valence-corrected chi connectivity index (χ3v) is 3.00. The first-order valence-corrected chi connectivity index (χ1v) is 6.28. The van der Waals surface area contributed by atoms with Crippen molar-refractivity contribution in [3.05, 3.63) is 18.2 Å². The SMILES string of the molecule is COc1ccc2c(c1)nc(N)n2CCNC(=O)N(C)C. The van der Waals surface area contributed by atoms with E-state index in [0.29, 0.717) is 19.0 Å². The van der Waals surface area contributed by atoms with Crippen LogP contribution in [0, 0.1) is 0 Å². The normalized spacial score (nSPS) is 10.6. The Balaban J connectivity index is 2.14. The Morgan fingerprint density at radius 1 is 1.50 bits per heavy atom. The molecule has 2 amide bonds. The zero-order valence-electron chi connectivity index (χ0n) is 11.9. The van der Waals surface area contributed by atoms with Crippen molar-refractivity contribution in [3.8, 4) is 5.75 Å². The number of benzene rings is 1. The van der Waals surface area contributed by atoms with Gasteiger partial charge in [-0.1, -0.05) is 0 Å². The highest BCUT2D eigenvalue weighted by Crippen LogP contribution is 2.22. The first kappa shape index (κ1) is 14.0. The van der Waals surface area contributed by atoms with Gasteiger partial charge in [-0.15, -0.1) is 0 Å². The van der Waals surface area contributed by atoms with Gasteiger partial charge in [0.1, 0.15) is 5.75 Å². The van der Waals surface area contributed by atoms with Crippen LogP contribution < -0.4 is 15.8 Å². The van der Waals surface area contributed by atoms with Crippen LogP contribution in [0.25, 0.3) is 11.0 Å². The van der Waals surface area contributed by atoms with Gasteiger partial charge in [-0.05, 0) is 12.1 Å².